The maximum Gasteiger partial charge on any atom is 0.228 e. The summed E-state index contributed by atoms with van der Waals surface area (Å²) < 4.78 is 0. The van der Waals surface area contributed by atoms with Crippen molar-refractivity contribution in [1.29, 1.82) is 0 Å². The lowest BCUT2D eigenvalue weighted by Gasteiger charge is -2.57. The van der Waals surface area contributed by atoms with Gasteiger partial charge in [-0.25, -0.2) is 9.97 Å². The number of anilines is 1. The number of aromatic nitrogens is 2. The minimum absolute atomic E-state index is 0.000979. The van der Waals surface area contributed by atoms with E-state index in [1.165, 1.54) is 38.5 Å². The quantitative estimate of drug-likeness (QED) is 0.819. The molecule has 4 bridgehead atoms. The van der Waals surface area contributed by atoms with Crippen LogP contribution in [0.4, 0.5) is 5.82 Å². The molecule has 1 aromatic heterocycles. The molecule has 26 heavy (non-hydrogen) atoms. The normalized spacial score (nSPS) is 35.8. The molecule has 1 aromatic rings. The van der Waals surface area contributed by atoms with Crippen molar-refractivity contribution in [2.45, 2.75) is 52.4 Å². The molecular formula is C21H30N4O. The topological polar surface area (TPSA) is 49.3 Å². The highest BCUT2D eigenvalue weighted by atomic mass is 16.2. The molecule has 4 aliphatic carbocycles. The van der Waals surface area contributed by atoms with E-state index in [9.17, 15) is 4.79 Å². The number of carbonyl (C=O) groups excluding carboxylic acids is 1. The first-order valence-electron chi connectivity index (χ1n) is 10.4. The third-order valence-electron chi connectivity index (χ3n) is 7.34. The molecule has 1 saturated heterocycles. The lowest BCUT2D eigenvalue weighted by atomic mass is 9.49. The SMILES string of the molecule is Cc1cc(N2CCN(C(=O)C34CC5CC(CC(C5)C3)C4)CC2)nc(C)n1. The molecule has 0 atom stereocenters. The summed E-state index contributed by atoms with van der Waals surface area (Å²) >= 11 is 0. The molecule has 0 aromatic carbocycles. The summed E-state index contributed by atoms with van der Waals surface area (Å²) in [5.74, 6) is 4.81. The molecule has 0 unspecified atom stereocenters. The second-order valence-corrected chi connectivity index (χ2v) is 9.39. The molecule has 5 aliphatic rings. The van der Waals surface area contributed by atoms with Gasteiger partial charge in [0.25, 0.3) is 0 Å². The van der Waals surface area contributed by atoms with E-state index < -0.39 is 0 Å². The van der Waals surface area contributed by atoms with Crippen LogP contribution in [-0.2, 0) is 4.79 Å². The number of nitrogens with zero attached hydrogens (tertiary/aromatic N) is 4. The van der Waals surface area contributed by atoms with Crippen LogP contribution in [0.1, 0.15) is 50.0 Å². The van der Waals surface area contributed by atoms with Gasteiger partial charge in [0.2, 0.25) is 5.91 Å². The molecule has 0 radical (unpaired) electrons. The van der Waals surface area contributed by atoms with Gasteiger partial charge in [-0.1, -0.05) is 0 Å². The Morgan fingerprint density at radius 3 is 2.08 bits per heavy atom. The van der Waals surface area contributed by atoms with E-state index in [1.807, 2.05) is 13.8 Å². The van der Waals surface area contributed by atoms with Crippen molar-refractivity contribution in [1.82, 2.24) is 14.9 Å². The minimum atomic E-state index is -0.000979. The Labute approximate surface area is 156 Å². The first-order chi connectivity index (χ1) is 12.5. The van der Waals surface area contributed by atoms with Crippen molar-refractivity contribution in [2.75, 3.05) is 31.1 Å². The summed E-state index contributed by atoms with van der Waals surface area (Å²) in [4.78, 5) is 26.9. The Morgan fingerprint density at radius 1 is 0.962 bits per heavy atom. The van der Waals surface area contributed by atoms with Gasteiger partial charge in [-0.05, 0) is 70.1 Å². The Hall–Kier alpha value is -1.65. The van der Waals surface area contributed by atoms with Crippen LogP contribution in [0.2, 0.25) is 0 Å². The first kappa shape index (κ1) is 16.5. The van der Waals surface area contributed by atoms with E-state index >= 15 is 0 Å². The summed E-state index contributed by atoms with van der Waals surface area (Å²) in [5.41, 5.74) is 1.01. The molecule has 1 aliphatic heterocycles. The van der Waals surface area contributed by atoms with E-state index in [1.54, 1.807) is 0 Å². The van der Waals surface area contributed by atoms with E-state index in [2.05, 4.69) is 25.8 Å². The van der Waals surface area contributed by atoms with Crippen molar-refractivity contribution in [3.8, 4) is 0 Å². The predicted octanol–water partition coefficient (Wildman–Crippen LogP) is 2.96. The summed E-state index contributed by atoms with van der Waals surface area (Å²) in [6, 6.07) is 2.06. The van der Waals surface area contributed by atoms with Crippen molar-refractivity contribution < 1.29 is 4.79 Å². The summed E-state index contributed by atoms with van der Waals surface area (Å²) in [7, 11) is 0. The van der Waals surface area contributed by atoms with Crippen molar-refractivity contribution in [3.63, 3.8) is 0 Å². The smallest absolute Gasteiger partial charge is 0.228 e. The molecule has 5 nitrogen and oxygen atoms in total. The van der Waals surface area contributed by atoms with E-state index in [0.29, 0.717) is 5.91 Å². The minimum Gasteiger partial charge on any atom is -0.353 e. The van der Waals surface area contributed by atoms with Crippen LogP contribution in [0.15, 0.2) is 6.07 Å². The molecule has 2 heterocycles. The lowest BCUT2D eigenvalue weighted by molar-refractivity contribution is -0.158. The standard InChI is InChI=1S/C21H30N4O/c1-14-7-19(23-15(2)22-14)24-3-5-25(6-4-24)20(26)21-11-16-8-17(12-21)10-18(9-16)13-21/h7,16-18H,3-6,8-13H2,1-2H3. The third kappa shape index (κ3) is 2.71. The number of hydrogen-bond acceptors (Lipinski definition) is 4. The van der Waals surface area contributed by atoms with Gasteiger partial charge in [-0.3, -0.25) is 4.79 Å². The van der Waals surface area contributed by atoms with E-state index in [-0.39, 0.29) is 5.41 Å². The fourth-order valence-corrected chi connectivity index (χ4v) is 6.71. The predicted molar refractivity (Wildman–Crippen MR) is 101 cm³/mol. The number of aryl methyl sites for hydroxylation is 2. The Bertz CT molecular complexity index is 667. The lowest BCUT2D eigenvalue weighted by Crippen LogP contribution is -2.58. The zero-order valence-corrected chi connectivity index (χ0v) is 16.1. The highest BCUT2D eigenvalue weighted by Gasteiger charge is 2.55. The molecule has 1 amide bonds. The van der Waals surface area contributed by atoms with Crippen molar-refractivity contribution in [3.05, 3.63) is 17.6 Å². The molecule has 140 valence electrons. The van der Waals surface area contributed by atoms with Gasteiger partial charge in [0.1, 0.15) is 11.6 Å². The van der Waals surface area contributed by atoms with Gasteiger partial charge in [-0.15, -0.1) is 0 Å². The van der Waals surface area contributed by atoms with Gasteiger partial charge in [-0.2, -0.15) is 0 Å². The third-order valence-corrected chi connectivity index (χ3v) is 7.34. The van der Waals surface area contributed by atoms with Crippen LogP contribution >= 0.6 is 0 Å². The van der Waals surface area contributed by atoms with Gasteiger partial charge in [0.05, 0.1) is 5.41 Å². The Morgan fingerprint density at radius 2 is 1.54 bits per heavy atom. The monoisotopic (exact) mass is 354 g/mol. The fraction of sp³-hybridized carbons (Fsp3) is 0.762. The molecule has 0 spiro atoms. The van der Waals surface area contributed by atoms with E-state index in [0.717, 1.165) is 61.3 Å². The Kier molecular flexibility index (Phi) is 3.77. The fourth-order valence-electron chi connectivity index (χ4n) is 6.71. The number of carbonyl (C=O) groups is 1. The average molecular weight is 354 g/mol. The largest absolute Gasteiger partial charge is 0.353 e. The number of rotatable bonds is 2. The molecule has 0 N–H and O–H groups in total. The highest BCUT2D eigenvalue weighted by molar-refractivity contribution is 5.83. The average Bonchev–Trinajstić information content (AvgIpc) is 2.59. The van der Waals surface area contributed by atoms with E-state index in [4.69, 9.17) is 0 Å². The second kappa shape index (κ2) is 5.93. The van der Waals surface area contributed by atoms with Gasteiger partial charge >= 0.3 is 0 Å². The summed E-state index contributed by atoms with van der Waals surface area (Å²) in [6.07, 6.45) is 7.69. The van der Waals surface area contributed by atoms with Crippen molar-refractivity contribution >= 4 is 11.7 Å². The molecule has 5 heteroatoms. The maximum atomic E-state index is 13.5. The van der Waals surface area contributed by atoms with Gasteiger partial charge in [0, 0.05) is 37.9 Å². The molecule has 6 rings (SSSR count). The van der Waals surface area contributed by atoms with Crippen LogP contribution in [-0.4, -0.2) is 47.0 Å². The number of piperazine rings is 1. The number of hydrogen-bond donors (Lipinski definition) is 0. The summed E-state index contributed by atoms with van der Waals surface area (Å²) in [5, 5.41) is 0. The van der Waals surface area contributed by atoms with Gasteiger partial charge in [0.15, 0.2) is 0 Å². The molecule has 4 saturated carbocycles. The number of amides is 1. The molecular weight excluding hydrogens is 324 g/mol. The van der Waals surface area contributed by atoms with Crippen molar-refractivity contribution in [2.24, 2.45) is 23.2 Å². The highest BCUT2D eigenvalue weighted by Crippen LogP contribution is 2.60. The zero-order valence-electron chi connectivity index (χ0n) is 16.1. The van der Waals surface area contributed by atoms with Crippen LogP contribution in [0, 0.1) is 37.0 Å². The first-order valence-corrected chi connectivity index (χ1v) is 10.4. The second-order valence-electron chi connectivity index (χ2n) is 9.39. The van der Waals surface area contributed by atoms with Crippen LogP contribution in [0.25, 0.3) is 0 Å². The van der Waals surface area contributed by atoms with Crippen LogP contribution in [0.3, 0.4) is 0 Å². The van der Waals surface area contributed by atoms with Crippen LogP contribution in [0.5, 0.6) is 0 Å². The van der Waals surface area contributed by atoms with Gasteiger partial charge < -0.3 is 9.80 Å². The zero-order chi connectivity index (χ0) is 17.9. The Balaban J connectivity index is 1.27. The van der Waals surface area contributed by atoms with Crippen LogP contribution < -0.4 is 4.90 Å². The maximum absolute atomic E-state index is 13.5. The molecule has 5 fully saturated rings. The summed E-state index contributed by atoms with van der Waals surface area (Å²) in [6.45, 7) is 7.40.